The first kappa shape index (κ1) is 14.4. The Morgan fingerprint density at radius 2 is 2.25 bits per heavy atom. The van der Waals surface area contributed by atoms with Crippen LogP contribution in [0.5, 0.6) is 5.75 Å². The van der Waals surface area contributed by atoms with Gasteiger partial charge in [0.2, 0.25) is 0 Å². The predicted molar refractivity (Wildman–Crippen MR) is 86.2 cm³/mol. The molecule has 0 amide bonds. The molecule has 1 aromatic rings. The molecule has 2 bridgehead atoms. The van der Waals surface area contributed by atoms with Crippen molar-refractivity contribution in [2.24, 2.45) is 17.3 Å². The molecular formula is C17H24BrNO. The summed E-state index contributed by atoms with van der Waals surface area (Å²) >= 11 is 3.61. The normalized spacial score (nSPS) is 31.8. The van der Waals surface area contributed by atoms with E-state index in [4.69, 9.17) is 4.74 Å². The van der Waals surface area contributed by atoms with E-state index in [1.165, 1.54) is 37.7 Å². The van der Waals surface area contributed by atoms with Crippen molar-refractivity contribution in [3.05, 3.63) is 28.2 Å². The molecule has 2 aliphatic carbocycles. The molecular weight excluding hydrogens is 314 g/mol. The minimum atomic E-state index is 0.478. The summed E-state index contributed by atoms with van der Waals surface area (Å²) in [5.41, 5.74) is 1.91. The Morgan fingerprint density at radius 1 is 1.40 bits per heavy atom. The van der Waals surface area contributed by atoms with Crippen molar-refractivity contribution in [3.63, 3.8) is 0 Å². The predicted octanol–water partition coefficient (Wildman–Crippen LogP) is 4.03. The average molecular weight is 338 g/mol. The topological polar surface area (TPSA) is 21.3 Å². The molecule has 3 rings (SSSR count). The van der Waals surface area contributed by atoms with Gasteiger partial charge in [-0.15, -0.1) is 0 Å². The number of hydrogen-bond acceptors (Lipinski definition) is 2. The van der Waals surface area contributed by atoms with Gasteiger partial charge in [0.1, 0.15) is 5.75 Å². The Hall–Kier alpha value is -0.540. The van der Waals surface area contributed by atoms with E-state index in [-0.39, 0.29) is 0 Å². The summed E-state index contributed by atoms with van der Waals surface area (Å²) < 4.78 is 6.40. The monoisotopic (exact) mass is 337 g/mol. The van der Waals surface area contributed by atoms with Gasteiger partial charge in [-0.05, 0) is 83.6 Å². The highest BCUT2D eigenvalue weighted by Crippen LogP contribution is 2.57. The molecule has 0 saturated heterocycles. The maximum absolute atomic E-state index is 5.33. The van der Waals surface area contributed by atoms with Crippen molar-refractivity contribution in [3.8, 4) is 5.75 Å². The summed E-state index contributed by atoms with van der Waals surface area (Å²) in [5.74, 6) is 2.82. The van der Waals surface area contributed by atoms with Crippen molar-refractivity contribution < 1.29 is 4.74 Å². The molecule has 3 unspecified atom stereocenters. The summed E-state index contributed by atoms with van der Waals surface area (Å²) in [4.78, 5) is 0. The van der Waals surface area contributed by atoms with Crippen LogP contribution in [0.2, 0.25) is 0 Å². The Kier molecular flexibility index (Phi) is 4.09. The quantitative estimate of drug-likeness (QED) is 0.875. The summed E-state index contributed by atoms with van der Waals surface area (Å²) in [5, 5.41) is 3.46. The molecule has 0 aromatic heterocycles. The molecule has 0 aliphatic heterocycles. The number of rotatable bonds is 5. The van der Waals surface area contributed by atoms with E-state index < -0.39 is 0 Å². The third kappa shape index (κ3) is 2.50. The molecule has 2 saturated carbocycles. The Bertz CT molecular complexity index is 490. The summed E-state index contributed by atoms with van der Waals surface area (Å²) in [7, 11) is 3.82. The summed E-state index contributed by atoms with van der Waals surface area (Å²) in [6.07, 6.45) is 6.95. The minimum absolute atomic E-state index is 0.478. The molecule has 0 radical (unpaired) electrons. The molecule has 1 N–H and O–H groups in total. The number of nitrogens with one attached hydrogen (secondary N) is 1. The molecule has 3 atom stereocenters. The highest BCUT2D eigenvalue weighted by Gasteiger charge is 2.50. The molecule has 2 fully saturated rings. The molecule has 0 heterocycles. The van der Waals surface area contributed by atoms with Crippen LogP contribution in [0.25, 0.3) is 0 Å². The van der Waals surface area contributed by atoms with Crippen LogP contribution in [0, 0.1) is 17.3 Å². The van der Waals surface area contributed by atoms with E-state index in [1.54, 1.807) is 7.11 Å². The number of benzene rings is 1. The second-order valence-corrected chi connectivity index (χ2v) is 7.47. The van der Waals surface area contributed by atoms with Crippen LogP contribution in [0.1, 0.15) is 31.2 Å². The first-order valence-electron chi connectivity index (χ1n) is 7.64. The van der Waals surface area contributed by atoms with Crippen LogP contribution in [0.4, 0.5) is 0 Å². The lowest BCUT2D eigenvalue weighted by molar-refractivity contribution is 0.160. The fourth-order valence-corrected chi connectivity index (χ4v) is 5.22. The standard InChI is InChI=1S/C17H24BrNO/c1-19-11-17(9-12-3-5-14(17)7-12)10-13-4-6-16(20-2)15(18)8-13/h4,6,8,12,14,19H,3,5,7,9-11H2,1-2H3. The number of ether oxygens (including phenoxy) is 1. The molecule has 1 aromatic carbocycles. The summed E-state index contributed by atoms with van der Waals surface area (Å²) in [6, 6.07) is 6.55. The SMILES string of the molecule is CNCC1(Cc2ccc(OC)c(Br)c2)CC2CCC1C2. The van der Waals surface area contributed by atoms with Crippen molar-refractivity contribution in [1.82, 2.24) is 5.32 Å². The van der Waals surface area contributed by atoms with Crippen LogP contribution >= 0.6 is 15.9 Å². The van der Waals surface area contributed by atoms with Gasteiger partial charge >= 0.3 is 0 Å². The van der Waals surface area contributed by atoms with E-state index >= 15 is 0 Å². The molecule has 20 heavy (non-hydrogen) atoms. The molecule has 2 nitrogen and oxygen atoms in total. The van der Waals surface area contributed by atoms with Gasteiger partial charge in [-0.3, -0.25) is 0 Å². The minimum Gasteiger partial charge on any atom is -0.496 e. The smallest absolute Gasteiger partial charge is 0.133 e. The van der Waals surface area contributed by atoms with Crippen LogP contribution in [-0.4, -0.2) is 20.7 Å². The zero-order chi connectivity index (χ0) is 14.2. The van der Waals surface area contributed by atoms with Crippen LogP contribution < -0.4 is 10.1 Å². The average Bonchev–Trinajstić information content (AvgIpc) is 3.00. The zero-order valence-electron chi connectivity index (χ0n) is 12.4. The molecule has 110 valence electrons. The van der Waals surface area contributed by atoms with E-state index in [1.807, 2.05) is 0 Å². The Balaban J connectivity index is 1.82. The van der Waals surface area contributed by atoms with Crippen molar-refractivity contribution in [2.45, 2.75) is 32.1 Å². The number of hydrogen-bond donors (Lipinski definition) is 1. The van der Waals surface area contributed by atoms with Crippen LogP contribution in [0.3, 0.4) is 0 Å². The summed E-state index contributed by atoms with van der Waals surface area (Å²) in [6.45, 7) is 1.15. The van der Waals surface area contributed by atoms with Crippen molar-refractivity contribution >= 4 is 15.9 Å². The highest BCUT2D eigenvalue weighted by atomic mass is 79.9. The fraction of sp³-hybridized carbons (Fsp3) is 0.647. The van der Waals surface area contributed by atoms with Gasteiger partial charge in [-0.25, -0.2) is 0 Å². The third-order valence-corrected chi connectivity index (χ3v) is 6.02. The fourth-order valence-electron chi connectivity index (χ4n) is 4.63. The van der Waals surface area contributed by atoms with Gasteiger partial charge in [0, 0.05) is 6.54 Å². The highest BCUT2D eigenvalue weighted by molar-refractivity contribution is 9.10. The lowest BCUT2D eigenvalue weighted by Gasteiger charge is -2.38. The Morgan fingerprint density at radius 3 is 2.80 bits per heavy atom. The van der Waals surface area contributed by atoms with Gasteiger partial charge < -0.3 is 10.1 Å². The largest absolute Gasteiger partial charge is 0.496 e. The van der Waals surface area contributed by atoms with Crippen LogP contribution in [-0.2, 0) is 6.42 Å². The number of fused-ring (bicyclic) bond motifs is 2. The first-order chi connectivity index (χ1) is 9.66. The van der Waals surface area contributed by atoms with Gasteiger partial charge in [0.15, 0.2) is 0 Å². The van der Waals surface area contributed by atoms with Gasteiger partial charge in [-0.2, -0.15) is 0 Å². The maximum atomic E-state index is 5.33. The van der Waals surface area contributed by atoms with Gasteiger partial charge in [0.25, 0.3) is 0 Å². The van der Waals surface area contributed by atoms with Crippen molar-refractivity contribution in [1.29, 1.82) is 0 Å². The zero-order valence-corrected chi connectivity index (χ0v) is 14.0. The van der Waals surface area contributed by atoms with E-state index in [9.17, 15) is 0 Å². The first-order valence-corrected chi connectivity index (χ1v) is 8.43. The number of halogens is 1. The van der Waals surface area contributed by atoms with Crippen molar-refractivity contribution in [2.75, 3.05) is 20.7 Å². The van der Waals surface area contributed by atoms with E-state index in [0.29, 0.717) is 5.41 Å². The van der Waals surface area contributed by atoms with Crippen LogP contribution in [0.15, 0.2) is 22.7 Å². The van der Waals surface area contributed by atoms with E-state index in [0.717, 1.165) is 28.6 Å². The van der Waals surface area contributed by atoms with Gasteiger partial charge in [-0.1, -0.05) is 12.5 Å². The molecule has 0 spiro atoms. The third-order valence-electron chi connectivity index (χ3n) is 5.40. The lowest BCUT2D eigenvalue weighted by atomic mass is 9.69. The second-order valence-electron chi connectivity index (χ2n) is 6.62. The van der Waals surface area contributed by atoms with Gasteiger partial charge in [0.05, 0.1) is 11.6 Å². The molecule has 3 heteroatoms. The second kappa shape index (κ2) is 5.69. The molecule has 2 aliphatic rings. The van der Waals surface area contributed by atoms with E-state index in [2.05, 4.69) is 46.5 Å². The number of methoxy groups -OCH3 is 1. The Labute approximate surface area is 130 Å². The lowest BCUT2D eigenvalue weighted by Crippen LogP contribution is -2.39. The maximum Gasteiger partial charge on any atom is 0.133 e.